The molecule has 0 aromatic heterocycles. The Morgan fingerprint density at radius 2 is 1.93 bits per heavy atom. The van der Waals surface area contributed by atoms with Crippen molar-refractivity contribution in [2.45, 2.75) is 12.0 Å². The predicted molar refractivity (Wildman–Crippen MR) is 45.3 cm³/mol. The zero-order chi connectivity index (χ0) is 11.6. The maximum absolute atomic E-state index is 13.1. The number of hydrogen-bond acceptors (Lipinski definition) is 2. The Kier molecular flexibility index (Phi) is 3.31. The topological polar surface area (TPSA) is 46.2 Å². The van der Waals surface area contributed by atoms with Gasteiger partial charge in [-0.1, -0.05) is 12.1 Å². The molecule has 6 heteroatoms. The Labute approximate surface area is 83.3 Å². The molecule has 2 nitrogen and oxygen atoms in total. The lowest BCUT2D eigenvalue weighted by Gasteiger charge is -2.26. The van der Waals surface area contributed by atoms with Gasteiger partial charge in [0.1, 0.15) is 0 Å². The second-order valence-corrected chi connectivity index (χ2v) is 3.03. The van der Waals surface area contributed by atoms with Crippen LogP contribution in [0.5, 0.6) is 0 Å². The maximum atomic E-state index is 13.1. The fourth-order valence-electron chi connectivity index (χ4n) is 1.15. The Bertz CT molecular complexity index is 358. The van der Waals surface area contributed by atoms with Crippen LogP contribution in [0.25, 0.3) is 0 Å². The van der Waals surface area contributed by atoms with Crippen molar-refractivity contribution in [1.82, 2.24) is 0 Å². The van der Waals surface area contributed by atoms with E-state index in [2.05, 4.69) is 0 Å². The van der Waals surface area contributed by atoms with Crippen LogP contribution >= 0.6 is 0 Å². The molecule has 0 saturated heterocycles. The van der Waals surface area contributed by atoms with Gasteiger partial charge >= 0.3 is 0 Å². The van der Waals surface area contributed by atoms with E-state index in [0.717, 1.165) is 18.2 Å². The first-order valence-electron chi connectivity index (χ1n) is 4.08. The van der Waals surface area contributed by atoms with Crippen LogP contribution < -0.4 is 5.73 Å². The summed E-state index contributed by atoms with van der Waals surface area (Å²) in [6.45, 7) is -0.898. The van der Waals surface area contributed by atoms with Gasteiger partial charge in [0, 0.05) is 12.1 Å². The van der Waals surface area contributed by atoms with Gasteiger partial charge in [-0.25, -0.2) is 17.6 Å². The third-order valence-electron chi connectivity index (χ3n) is 2.09. The van der Waals surface area contributed by atoms with E-state index in [1.807, 2.05) is 0 Å². The van der Waals surface area contributed by atoms with Gasteiger partial charge in [0.2, 0.25) is 0 Å². The zero-order valence-electron chi connectivity index (χ0n) is 7.55. The molecule has 0 spiro atoms. The Balaban J connectivity index is 3.30. The van der Waals surface area contributed by atoms with E-state index < -0.39 is 35.8 Å². The molecule has 1 atom stereocenters. The fraction of sp³-hybridized carbons (Fsp3) is 0.333. The summed E-state index contributed by atoms with van der Waals surface area (Å²) >= 11 is 0. The standard InChI is InChI=1S/C9H9F4NO/c10-6-3-1-2-5(7(6)11)9(15,4-14)8(12)13/h1-3,8,15H,4,14H2. The number of aliphatic hydroxyl groups is 1. The molecule has 1 rings (SSSR count). The summed E-state index contributed by atoms with van der Waals surface area (Å²) in [5.74, 6) is -2.81. The van der Waals surface area contributed by atoms with Crippen LogP contribution in [0.2, 0.25) is 0 Å². The first kappa shape index (κ1) is 11.9. The summed E-state index contributed by atoms with van der Waals surface area (Å²) in [6.07, 6.45) is -3.29. The SMILES string of the molecule is NCC(O)(c1cccc(F)c1F)C(F)F. The van der Waals surface area contributed by atoms with Gasteiger partial charge < -0.3 is 10.8 Å². The molecule has 0 radical (unpaired) electrons. The molecule has 0 saturated carbocycles. The van der Waals surface area contributed by atoms with E-state index in [9.17, 15) is 22.7 Å². The van der Waals surface area contributed by atoms with E-state index in [0.29, 0.717) is 0 Å². The third-order valence-corrected chi connectivity index (χ3v) is 2.09. The van der Waals surface area contributed by atoms with Crippen molar-refractivity contribution >= 4 is 0 Å². The minimum absolute atomic E-state index is 0.765. The van der Waals surface area contributed by atoms with Crippen LogP contribution in [0.4, 0.5) is 17.6 Å². The van der Waals surface area contributed by atoms with Gasteiger partial charge in [-0.2, -0.15) is 0 Å². The van der Waals surface area contributed by atoms with Gasteiger partial charge in [0.25, 0.3) is 6.43 Å². The molecule has 15 heavy (non-hydrogen) atoms. The number of benzene rings is 1. The van der Waals surface area contributed by atoms with Crippen molar-refractivity contribution < 1.29 is 22.7 Å². The zero-order valence-corrected chi connectivity index (χ0v) is 7.55. The highest BCUT2D eigenvalue weighted by Gasteiger charge is 2.41. The molecule has 0 fully saturated rings. The molecule has 1 unspecified atom stereocenters. The van der Waals surface area contributed by atoms with Crippen LogP contribution in [0, 0.1) is 11.6 Å². The van der Waals surface area contributed by atoms with Crippen LogP contribution in [0.1, 0.15) is 5.56 Å². The highest BCUT2D eigenvalue weighted by molar-refractivity contribution is 5.26. The van der Waals surface area contributed by atoms with Crippen molar-refractivity contribution in [2.24, 2.45) is 5.73 Å². The second kappa shape index (κ2) is 4.16. The minimum Gasteiger partial charge on any atom is -0.378 e. The van der Waals surface area contributed by atoms with Crippen molar-refractivity contribution in [2.75, 3.05) is 6.54 Å². The summed E-state index contributed by atoms with van der Waals surface area (Å²) in [5, 5.41) is 9.39. The predicted octanol–water partition coefficient (Wildman–Crippen LogP) is 1.38. The van der Waals surface area contributed by atoms with Gasteiger partial charge in [-0.3, -0.25) is 0 Å². The van der Waals surface area contributed by atoms with E-state index >= 15 is 0 Å². The molecule has 84 valence electrons. The monoisotopic (exact) mass is 223 g/mol. The van der Waals surface area contributed by atoms with Crippen molar-refractivity contribution in [3.8, 4) is 0 Å². The van der Waals surface area contributed by atoms with Crippen molar-refractivity contribution in [3.63, 3.8) is 0 Å². The number of rotatable bonds is 3. The van der Waals surface area contributed by atoms with Gasteiger partial charge in [0.05, 0.1) is 0 Å². The van der Waals surface area contributed by atoms with Crippen molar-refractivity contribution in [1.29, 1.82) is 0 Å². The average Bonchev–Trinajstić information content (AvgIpc) is 2.20. The average molecular weight is 223 g/mol. The molecule has 0 aliphatic heterocycles. The van der Waals surface area contributed by atoms with Crippen LogP contribution in [-0.2, 0) is 5.60 Å². The lowest BCUT2D eigenvalue weighted by molar-refractivity contribution is -0.0970. The Hall–Kier alpha value is -1.14. The number of alkyl halides is 2. The first-order chi connectivity index (χ1) is 6.93. The molecule has 0 amide bonds. The lowest BCUT2D eigenvalue weighted by atomic mass is 9.94. The van der Waals surface area contributed by atoms with Crippen LogP contribution in [0.3, 0.4) is 0 Å². The Morgan fingerprint density at radius 3 is 2.40 bits per heavy atom. The van der Waals surface area contributed by atoms with Crippen molar-refractivity contribution in [3.05, 3.63) is 35.4 Å². The highest BCUT2D eigenvalue weighted by atomic mass is 19.3. The molecule has 0 bridgehead atoms. The van der Waals surface area contributed by atoms with Crippen LogP contribution in [0.15, 0.2) is 18.2 Å². The Morgan fingerprint density at radius 1 is 1.33 bits per heavy atom. The smallest absolute Gasteiger partial charge is 0.272 e. The molecule has 3 N–H and O–H groups in total. The van der Waals surface area contributed by atoms with Gasteiger partial charge in [0.15, 0.2) is 17.2 Å². The second-order valence-electron chi connectivity index (χ2n) is 3.03. The summed E-state index contributed by atoms with van der Waals surface area (Å²) in [6, 6.07) is 2.66. The van der Waals surface area contributed by atoms with E-state index in [-0.39, 0.29) is 0 Å². The summed E-state index contributed by atoms with van der Waals surface area (Å²) in [7, 11) is 0. The quantitative estimate of drug-likeness (QED) is 0.760. The van der Waals surface area contributed by atoms with Gasteiger partial charge in [-0.15, -0.1) is 0 Å². The number of halogens is 4. The molecule has 1 aromatic carbocycles. The maximum Gasteiger partial charge on any atom is 0.272 e. The van der Waals surface area contributed by atoms with Gasteiger partial charge in [-0.05, 0) is 6.07 Å². The summed E-state index contributed by atoms with van der Waals surface area (Å²) in [4.78, 5) is 0. The summed E-state index contributed by atoms with van der Waals surface area (Å²) < 4.78 is 50.8. The largest absolute Gasteiger partial charge is 0.378 e. The van der Waals surface area contributed by atoms with E-state index in [4.69, 9.17) is 5.73 Å². The third kappa shape index (κ3) is 1.95. The fourth-order valence-corrected chi connectivity index (χ4v) is 1.15. The number of nitrogens with two attached hydrogens (primary N) is 1. The molecule has 0 aliphatic rings. The normalized spacial score (nSPS) is 15.4. The van der Waals surface area contributed by atoms with E-state index in [1.165, 1.54) is 0 Å². The summed E-state index contributed by atoms with van der Waals surface area (Å²) in [5.41, 5.74) is 1.25. The van der Waals surface area contributed by atoms with E-state index in [1.54, 1.807) is 0 Å². The highest BCUT2D eigenvalue weighted by Crippen LogP contribution is 2.30. The molecular formula is C9H9F4NO. The molecule has 0 aliphatic carbocycles. The number of hydrogen-bond donors (Lipinski definition) is 2. The molecular weight excluding hydrogens is 214 g/mol. The minimum atomic E-state index is -3.29. The lowest BCUT2D eigenvalue weighted by Crippen LogP contribution is -2.42. The molecule has 1 aromatic rings. The first-order valence-corrected chi connectivity index (χ1v) is 4.08. The van der Waals surface area contributed by atoms with Crippen LogP contribution in [-0.4, -0.2) is 18.1 Å². The molecule has 0 heterocycles.